The van der Waals surface area contributed by atoms with Crippen LogP contribution in [0.4, 0.5) is 14.9 Å². The lowest BCUT2D eigenvalue weighted by Gasteiger charge is -2.44. The molecule has 0 unspecified atom stereocenters. The Kier molecular flexibility index (Phi) is 6.36. The van der Waals surface area contributed by atoms with Crippen molar-refractivity contribution in [3.05, 3.63) is 59.9 Å². The molecule has 2 heterocycles. The van der Waals surface area contributed by atoms with Crippen molar-refractivity contribution in [1.82, 2.24) is 9.80 Å². The van der Waals surface area contributed by atoms with Crippen molar-refractivity contribution in [2.75, 3.05) is 37.3 Å². The van der Waals surface area contributed by atoms with Gasteiger partial charge in [-0.3, -0.25) is 4.79 Å². The molecule has 2 aromatic rings. The second-order valence-electron chi connectivity index (χ2n) is 7.58. The first kappa shape index (κ1) is 21.5. The topological polar surface area (TPSA) is 61.9 Å². The first-order chi connectivity index (χ1) is 15.0. The maximum absolute atomic E-state index is 14.2. The Morgan fingerprint density at radius 3 is 2.55 bits per heavy atom. The van der Waals surface area contributed by atoms with E-state index in [1.165, 1.54) is 12.1 Å². The van der Waals surface area contributed by atoms with Crippen molar-refractivity contribution in [3.63, 3.8) is 0 Å². The van der Waals surface area contributed by atoms with Gasteiger partial charge in [0, 0.05) is 25.4 Å². The van der Waals surface area contributed by atoms with E-state index in [4.69, 9.17) is 4.74 Å². The minimum absolute atomic E-state index is 0.108. The summed E-state index contributed by atoms with van der Waals surface area (Å²) in [6.07, 6.45) is 1.30. The normalized spacial score (nSPS) is 17.6. The van der Waals surface area contributed by atoms with Crippen LogP contribution in [0.1, 0.15) is 30.1 Å². The van der Waals surface area contributed by atoms with Gasteiger partial charge in [-0.05, 0) is 44.0 Å². The molecule has 2 fully saturated rings. The first-order valence-electron chi connectivity index (χ1n) is 10.5. The van der Waals surface area contributed by atoms with Crippen LogP contribution < -0.4 is 10.1 Å². The van der Waals surface area contributed by atoms with E-state index in [1.807, 2.05) is 31.2 Å². The van der Waals surface area contributed by atoms with Crippen molar-refractivity contribution in [2.24, 2.45) is 0 Å². The third kappa shape index (κ3) is 4.35. The maximum Gasteiger partial charge on any atom is 0.321 e. The first-order valence-corrected chi connectivity index (χ1v) is 11.5. The molecule has 0 aromatic heterocycles. The molecule has 1 spiro atoms. The van der Waals surface area contributed by atoms with Gasteiger partial charge in [-0.2, -0.15) is 0 Å². The molecule has 0 saturated carbocycles. The number of carbonyl (C=O) groups excluding carboxylic acids is 2. The van der Waals surface area contributed by atoms with Gasteiger partial charge < -0.3 is 19.9 Å². The van der Waals surface area contributed by atoms with Crippen LogP contribution in [0.5, 0.6) is 5.75 Å². The van der Waals surface area contributed by atoms with Gasteiger partial charge in [0.1, 0.15) is 11.6 Å². The smallest absolute Gasteiger partial charge is 0.321 e. The zero-order valence-electron chi connectivity index (χ0n) is 17.5. The number of carbonyl (C=O) groups is 2. The summed E-state index contributed by atoms with van der Waals surface area (Å²) in [4.78, 5) is 29.1. The quantitative estimate of drug-likeness (QED) is 0.759. The summed E-state index contributed by atoms with van der Waals surface area (Å²) in [6.45, 7) is 4.05. The van der Waals surface area contributed by atoms with E-state index in [2.05, 4.69) is 5.32 Å². The highest BCUT2D eigenvalue weighted by molar-refractivity contribution is 8.00. The molecule has 2 aromatic carbocycles. The Morgan fingerprint density at radius 2 is 1.81 bits per heavy atom. The predicted octanol–water partition coefficient (Wildman–Crippen LogP) is 4.44. The molecule has 164 valence electrons. The molecule has 31 heavy (non-hydrogen) atoms. The number of urea groups is 1. The fourth-order valence-corrected chi connectivity index (χ4v) is 5.65. The van der Waals surface area contributed by atoms with E-state index in [9.17, 15) is 14.0 Å². The number of hydrogen-bond donors (Lipinski definition) is 1. The van der Waals surface area contributed by atoms with E-state index in [-0.39, 0.29) is 22.4 Å². The van der Waals surface area contributed by atoms with Gasteiger partial charge in [-0.25, -0.2) is 9.18 Å². The van der Waals surface area contributed by atoms with Crippen molar-refractivity contribution < 1.29 is 18.7 Å². The standard InChI is InChI=1S/C23H26FN3O3S/c1-2-30-20-10-6-5-9-19(20)25-22(29)26-13-11-23(12-14-26)27(15-16-31-23)21(28)17-7-3-4-8-18(17)24/h3-10H,2,11-16H2,1H3,(H,25,29). The highest BCUT2D eigenvalue weighted by atomic mass is 32.2. The Bertz CT molecular complexity index is 963. The van der Waals surface area contributed by atoms with Crippen LogP contribution in [0, 0.1) is 5.82 Å². The van der Waals surface area contributed by atoms with Gasteiger partial charge in [0.15, 0.2) is 0 Å². The Hall–Kier alpha value is -2.74. The fraction of sp³-hybridized carbons (Fsp3) is 0.391. The molecule has 6 nitrogen and oxygen atoms in total. The van der Waals surface area contributed by atoms with Crippen molar-refractivity contribution in [3.8, 4) is 5.75 Å². The molecule has 4 rings (SSSR count). The van der Waals surface area contributed by atoms with Gasteiger partial charge in [0.25, 0.3) is 5.91 Å². The van der Waals surface area contributed by atoms with E-state index < -0.39 is 5.82 Å². The Balaban J connectivity index is 1.42. The van der Waals surface area contributed by atoms with Gasteiger partial charge in [-0.15, -0.1) is 11.8 Å². The second-order valence-corrected chi connectivity index (χ2v) is 9.03. The van der Waals surface area contributed by atoms with Crippen molar-refractivity contribution in [1.29, 1.82) is 0 Å². The Morgan fingerprint density at radius 1 is 1.10 bits per heavy atom. The van der Waals surface area contributed by atoms with E-state index in [0.29, 0.717) is 50.5 Å². The van der Waals surface area contributed by atoms with Crippen LogP contribution in [-0.4, -0.2) is 58.6 Å². The lowest BCUT2D eigenvalue weighted by Crippen LogP contribution is -2.54. The number of halogens is 1. The van der Waals surface area contributed by atoms with Gasteiger partial charge in [-0.1, -0.05) is 24.3 Å². The number of likely N-dealkylation sites (tertiary alicyclic amines) is 1. The number of hydrogen-bond acceptors (Lipinski definition) is 4. The number of nitrogens with one attached hydrogen (secondary N) is 1. The molecule has 0 aliphatic carbocycles. The zero-order valence-corrected chi connectivity index (χ0v) is 18.3. The summed E-state index contributed by atoms with van der Waals surface area (Å²) in [5.74, 6) is 0.685. The molecule has 2 aliphatic rings. The fourth-order valence-electron chi connectivity index (χ4n) is 4.19. The molecule has 2 saturated heterocycles. The summed E-state index contributed by atoms with van der Waals surface area (Å²) in [5, 5.41) is 2.94. The van der Waals surface area contributed by atoms with Crippen LogP contribution in [-0.2, 0) is 0 Å². The number of nitrogens with zero attached hydrogens (tertiary/aromatic N) is 2. The number of thioether (sulfide) groups is 1. The lowest BCUT2D eigenvalue weighted by molar-refractivity contribution is 0.0581. The minimum Gasteiger partial charge on any atom is -0.492 e. The molecule has 2 aliphatic heterocycles. The number of ether oxygens (including phenoxy) is 1. The molecule has 8 heteroatoms. The maximum atomic E-state index is 14.2. The Labute approximate surface area is 185 Å². The zero-order chi connectivity index (χ0) is 21.8. The number of benzene rings is 2. The summed E-state index contributed by atoms with van der Waals surface area (Å²) >= 11 is 1.73. The average Bonchev–Trinajstić information content (AvgIpc) is 3.18. The van der Waals surface area contributed by atoms with E-state index >= 15 is 0 Å². The molecule has 3 amide bonds. The van der Waals surface area contributed by atoms with Gasteiger partial charge in [0.05, 0.1) is 22.7 Å². The highest BCUT2D eigenvalue weighted by Crippen LogP contribution is 2.44. The average molecular weight is 444 g/mol. The number of anilines is 1. The third-order valence-corrected chi connectivity index (χ3v) is 7.34. The molecular weight excluding hydrogens is 417 g/mol. The largest absolute Gasteiger partial charge is 0.492 e. The monoisotopic (exact) mass is 443 g/mol. The van der Waals surface area contributed by atoms with Gasteiger partial charge >= 0.3 is 6.03 Å². The second kappa shape index (κ2) is 9.18. The molecule has 1 N–H and O–H groups in total. The molecule has 0 atom stereocenters. The summed E-state index contributed by atoms with van der Waals surface area (Å²) in [6, 6.07) is 13.3. The number of rotatable bonds is 4. The van der Waals surface area contributed by atoms with Crippen LogP contribution in [0.3, 0.4) is 0 Å². The van der Waals surface area contributed by atoms with E-state index in [1.54, 1.807) is 33.7 Å². The minimum atomic E-state index is -0.496. The van der Waals surface area contributed by atoms with Crippen LogP contribution in [0.2, 0.25) is 0 Å². The van der Waals surface area contributed by atoms with Crippen molar-refractivity contribution in [2.45, 2.75) is 24.6 Å². The number of piperidine rings is 1. The number of amides is 3. The molecule has 0 bridgehead atoms. The van der Waals surface area contributed by atoms with Crippen molar-refractivity contribution >= 4 is 29.4 Å². The SMILES string of the molecule is CCOc1ccccc1NC(=O)N1CCC2(CC1)SCCN2C(=O)c1ccccc1F. The predicted molar refractivity (Wildman–Crippen MR) is 120 cm³/mol. The van der Waals surface area contributed by atoms with Crippen LogP contribution >= 0.6 is 11.8 Å². The summed E-state index contributed by atoms with van der Waals surface area (Å²) < 4.78 is 19.8. The summed E-state index contributed by atoms with van der Waals surface area (Å²) in [7, 11) is 0. The lowest BCUT2D eigenvalue weighted by atomic mass is 10.0. The van der Waals surface area contributed by atoms with Crippen LogP contribution in [0.15, 0.2) is 48.5 Å². The van der Waals surface area contributed by atoms with Gasteiger partial charge in [0.2, 0.25) is 0 Å². The third-order valence-electron chi connectivity index (χ3n) is 5.79. The highest BCUT2D eigenvalue weighted by Gasteiger charge is 2.47. The number of para-hydroxylation sites is 2. The molecule has 0 radical (unpaired) electrons. The van der Waals surface area contributed by atoms with E-state index in [0.717, 1.165) is 5.75 Å². The summed E-state index contributed by atoms with van der Waals surface area (Å²) in [5.41, 5.74) is 0.748. The molecular formula is C23H26FN3O3S. The van der Waals surface area contributed by atoms with Crippen LogP contribution in [0.25, 0.3) is 0 Å².